The van der Waals surface area contributed by atoms with Gasteiger partial charge in [-0.15, -0.1) is 0 Å². The molecule has 0 fully saturated rings. The number of rotatable bonds is 2. The van der Waals surface area contributed by atoms with Crippen LogP contribution in [0, 0.1) is 6.26 Å². The van der Waals surface area contributed by atoms with Crippen molar-refractivity contribution in [1.82, 2.24) is 0 Å². The highest BCUT2D eigenvalue weighted by Gasteiger charge is 2.38. The van der Waals surface area contributed by atoms with Crippen molar-refractivity contribution in [2.45, 2.75) is 18.6 Å². The third-order valence-electron chi connectivity index (χ3n) is 0.867. The van der Waals surface area contributed by atoms with Gasteiger partial charge in [0.15, 0.2) is 0 Å². The van der Waals surface area contributed by atoms with Crippen LogP contribution in [0.5, 0.6) is 0 Å². The molecule has 0 aliphatic rings. The van der Waals surface area contributed by atoms with Crippen molar-refractivity contribution in [2.24, 2.45) is 0 Å². The van der Waals surface area contributed by atoms with E-state index in [0.29, 0.717) is 0 Å². The van der Waals surface area contributed by atoms with E-state index in [1.807, 2.05) is 0 Å². The van der Waals surface area contributed by atoms with E-state index >= 15 is 0 Å². The molecule has 5 heteroatoms. The monoisotopic (exact) mass is 157 g/mol. The van der Waals surface area contributed by atoms with E-state index in [1.165, 1.54) is 0 Å². The molecule has 0 aliphatic carbocycles. The number of hydrogen-bond donors (Lipinski definition) is 0. The Labute approximate surface area is 52.8 Å². The Balaban J connectivity index is 4.56. The smallest absolute Gasteiger partial charge is 0.223 e. The molecule has 0 aromatic carbocycles. The second-order valence-electron chi connectivity index (χ2n) is 1.61. The Kier molecular flexibility index (Phi) is 2.16. The zero-order valence-electron chi connectivity index (χ0n) is 4.89. The van der Waals surface area contributed by atoms with E-state index in [0.717, 1.165) is 6.92 Å². The molecule has 0 amide bonds. The quantitative estimate of drug-likeness (QED) is 0.603. The van der Waals surface area contributed by atoms with Crippen molar-refractivity contribution in [3.05, 3.63) is 6.26 Å². The SMILES string of the molecule is [CH2]S(=O)(=O)C(F)(F)CC. The highest BCUT2D eigenvalue weighted by molar-refractivity contribution is 7.93. The molecule has 0 spiro atoms. The van der Waals surface area contributed by atoms with E-state index in [9.17, 15) is 17.2 Å². The van der Waals surface area contributed by atoms with Crippen molar-refractivity contribution < 1.29 is 17.2 Å². The van der Waals surface area contributed by atoms with Gasteiger partial charge in [-0.25, -0.2) is 8.42 Å². The summed E-state index contributed by atoms with van der Waals surface area (Å²) in [6.07, 6.45) is 1.61. The molecule has 0 bridgehead atoms. The summed E-state index contributed by atoms with van der Waals surface area (Å²) >= 11 is 0. The second kappa shape index (κ2) is 2.21. The van der Waals surface area contributed by atoms with Gasteiger partial charge in [0.05, 0.1) is 6.26 Å². The minimum atomic E-state index is -4.44. The van der Waals surface area contributed by atoms with Crippen LogP contribution >= 0.6 is 0 Å². The van der Waals surface area contributed by atoms with Crippen molar-refractivity contribution in [1.29, 1.82) is 0 Å². The van der Waals surface area contributed by atoms with E-state index in [4.69, 9.17) is 0 Å². The van der Waals surface area contributed by atoms with Crippen LogP contribution in [0.25, 0.3) is 0 Å². The van der Waals surface area contributed by atoms with Gasteiger partial charge < -0.3 is 0 Å². The summed E-state index contributed by atoms with van der Waals surface area (Å²) in [7, 11) is -4.44. The van der Waals surface area contributed by atoms with Crippen molar-refractivity contribution in [3.63, 3.8) is 0 Å². The predicted molar refractivity (Wildman–Crippen MR) is 29.5 cm³/mol. The molecule has 0 heterocycles. The van der Waals surface area contributed by atoms with Crippen LogP contribution < -0.4 is 0 Å². The average Bonchev–Trinajstić information content (AvgIpc) is 1.64. The van der Waals surface area contributed by atoms with Crippen LogP contribution in [-0.2, 0) is 9.84 Å². The van der Waals surface area contributed by atoms with Crippen molar-refractivity contribution >= 4 is 9.84 Å². The normalized spacial score (nSPS) is 13.8. The van der Waals surface area contributed by atoms with E-state index in [1.54, 1.807) is 0 Å². The number of alkyl halides is 2. The lowest BCUT2D eigenvalue weighted by molar-refractivity contribution is 0.0893. The maximum Gasteiger partial charge on any atom is 0.345 e. The third-order valence-corrected chi connectivity index (χ3v) is 2.07. The summed E-state index contributed by atoms with van der Waals surface area (Å²) in [5.41, 5.74) is 0. The van der Waals surface area contributed by atoms with Crippen molar-refractivity contribution in [3.8, 4) is 0 Å². The molecule has 1 radical (unpaired) electrons. The Morgan fingerprint density at radius 2 is 1.89 bits per heavy atom. The van der Waals surface area contributed by atoms with E-state index < -0.39 is 21.5 Å². The van der Waals surface area contributed by atoms with E-state index in [-0.39, 0.29) is 0 Å². The third kappa shape index (κ3) is 1.89. The van der Waals surface area contributed by atoms with Crippen LogP contribution in [0.2, 0.25) is 0 Å². The van der Waals surface area contributed by atoms with Crippen molar-refractivity contribution in [2.75, 3.05) is 0 Å². The fourth-order valence-corrected chi connectivity index (χ4v) is 0.660. The van der Waals surface area contributed by atoms with Gasteiger partial charge in [0, 0.05) is 6.42 Å². The summed E-state index contributed by atoms with van der Waals surface area (Å²) in [5.74, 6) is 0. The number of halogens is 2. The lowest BCUT2D eigenvalue weighted by Crippen LogP contribution is -2.24. The molecule has 0 saturated heterocycles. The minimum absolute atomic E-state index is 0.723. The van der Waals surface area contributed by atoms with Crippen LogP contribution in [0.15, 0.2) is 0 Å². The first kappa shape index (κ1) is 8.81. The molecule has 55 valence electrons. The molecule has 0 N–H and O–H groups in total. The first-order valence-corrected chi connectivity index (χ1v) is 3.92. The minimum Gasteiger partial charge on any atom is -0.223 e. The Morgan fingerprint density at radius 3 is 1.89 bits per heavy atom. The molecule has 0 aromatic rings. The molecule has 0 unspecified atom stereocenters. The molecule has 0 aliphatic heterocycles. The highest BCUT2D eigenvalue weighted by atomic mass is 32.2. The Bertz CT molecular complexity index is 183. The van der Waals surface area contributed by atoms with Gasteiger partial charge in [-0.3, -0.25) is 0 Å². The summed E-state index contributed by atoms with van der Waals surface area (Å²) in [4.78, 5) is 0. The van der Waals surface area contributed by atoms with E-state index in [2.05, 4.69) is 6.26 Å². The maximum atomic E-state index is 12.0. The first-order valence-electron chi connectivity index (χ1n) is 2.26. The van der Waals surface area contributed by atoms with Gasteiger partial charge in [0.1, 0.15) is 0 Å². The molecule has 2 nitrogen and oxygen atoms in total. The fraction of sp³-hybridized carbons (Fsp3) is 0.750. The van der Waals surface area contributed by atoms with Gasteiger partial charge >= 0.3 is 5.25 Å². The van der Waals surface area contributed by atoms with Gasteiger partial charge in [-0.05, 0) is 0 Å². The van der Waals surface area contributed by atoms with Gasteiger partial charge in [0.2, 0.25) is 9.84 Å². The molecular weight excluding hydrogens is 150 g/mol. The Hall–Kier alpha value is -0.190. The maximum absolute atomic E-state index is 12.0. The number of hydrogen-bond acceptors (Lipinski definition) is 2. The largest absolute Gasteiger partial charge is 0.345 e. The van der Waals surface area contributed by atoms with Crippen LogP contribution in [0.1, 0.15) is 13.3 Å². The Morgan fingerprint density at radius 1 is 1.56 bits per heavy atom. The molecular formula is C4H7F2O2S. The topological polar surface area (TPSA) is 34.1 Å². The standard InChI is InChI=1S/C4H7F2O2S/c1-3-4(5,6)9(2,7)8/h2-3H2,1H3. The summed E-state index contributed by atoms with van der Waals surface area (Å²) in [6.45, 7) is 1.09. The fourth-order valence-electron chi connectivity index (χ4n) is 0.220. The number of sulfone groups is 1. The first-order chi connectivity index (χ1) is 3.81. The van der Waals surface area contributed by atoms with Crippen LogP contribution in [0.4, 0.5) is 8.78 Å². The molecule has 0 saturated carbocycles. The second-order valence-corrected chi connectivity index (χ2v) is 3.43. The van der Waals surface area contributed by atoms with Crippen LogP contribution in [-0.4, -0.2) is 13.7 Å². The lowest BCUT2D eigenvalue weighted by Gasteiger charge is -2.09. The molecule has 0 rings (SSSR count). The zero-order chi connectivity index (χ0) is 7.71. The lowest BCUT2D eigenvalue weighted by atomic mass is 10.5. The summed E-state index contributed by atoms with van der Waals surface area (Å²) in [5, 5.41) is -3.66. The van der Waals surface area contributed by atoms with Gasteiger partial charge in [-0.1, -0.05) is 6.92 Å². The average molecular weight is 157 g/mol. The molecule has 0 atom stereocenters. The summed E-state index contributed by atoms with van der Waals surface area (Å²) in [6, 6.07) is 0. The van der Waals surface area contributed by atoms with Gasteiger partial charge in [0.25, 0.3) is 0 Å². The zero-order valence-corrected chi connectivity index (χ0v) is 5.71. The highest BCUT2D eigenvalue weighted by Crippen LogP contribution is 2.24. The predicted octanol–water partition coefficient (Wildman–Crippen LogP) is 1.20. The molecule has 0 aromatic heterocycles. The molecule has 9 heavy (non-hydrogen) atoms. The van der Waals surface area contributed by atoms with Gasteiger partial charge in [-0.2, -0.15) is 8.78 Å². The van der Waals surface area contributed by atoms with Crippen LogP contribution in [0.3, 0.4) is 0 Å². The summed E-state index contributed by atoms with van der Waals surface area (Å²) < 4.78 is 44.1.